The van der Waals surface area contributed by atoms with Crippen LogP contribution in [0.15, 0.2) is 47.8 Å². The van der Waals surface area contributed by atoms with Gasteiger partial charge in [-0.1, -0.05) is 35.3 Å². The van der Waals surface area contributed by atoms with Crippen LogP contribution in [0.4, 0.5) is 0 Å². The van der Waals surface area contributed by atoms with Crippen molar-refractivity contribution >= 4 is 46.4 Å². The molecule has 0 radical (unpaired) electrons. The van der Waals surface area contributed by atoms with Gasteiger partial charge in [0, 0.05) is 16.6 Å². The molecule has 1 aliphatic rings. The number of hydrogen-bond donors (Lipinski definition) is 1. The van der Waals surface area contributed by atoms with E-state index in [0.29, 0.717) is 39.4 Å². The van der Waals surface area contributed by atoms with Crippen LogP contribution >= 0.6 is 34.5 Å². The first kappa shape index (κ1) is 23.4. The van der Waals surface area contributed by atoms with Crippen molar-refractivity contribution in [3.05, 3.63) is 79.5 Å². The Morgan fingerprint density at radius 3 is 2.52 bits per heavy atom. The van der Waals surface area contributed by atoms with E-state index >= 15 is 0 Å². The molecule has 1 aliphatic heterocycles. The van der Waals surface area contributed by atoms with Crippen molar-refractivity contribution < 1.29 is 19.1 Å². The summed E-state index contributed by atoms with van der Waals surface area (Å²) in [5.74, 6) is 0.700. The minimum atomic E-state index is -0.468. The maximum absolute atomic E-state index is 13.3. The summed E-state index contributed by atoms with van der Waals surface area (Å²) in [5, 5.41) is 5.50. The lowest BCUT2D eigenvalue weighted by Crippen LogP contribution is -2.45. The number of nitrogens with zero attached hydrogens (tertiary/aromatic N) is 1. The van der Waals surface area contributed by atoms with Crippen LogP contribution in [-0.4, -0.2) is 44.0 Å². The highest BCUT2D eigenvalue weighted by molar-refractivity contribution is 7.12. The monoisotopic (exact) mass is 504 g/mol. The van der Waals surface area contributed by atoms with Crippen LogP contribution in [0, 0.1) is 0 Å². The first-order chi connectivity index (χ1) is 15.9. The van der Waals surface area contributed by atoms with E-state index in [1.165, 1.54) is 11.3 Å². The molecular weight excluding hydrogens is 483 g/mol. The van der Waals surface area contributed by atoms with Crippen molar-refractivity contribution in [2.24, 2.45) is 0 Å². The summed E-state index contributed by atoms with van der Waals surface area (Å²) < 4.78 is 11.0. The molecular formula is C24H22Cl2N2O4S. The third kappa shape index (κ3) is 4.81. The minimum absolute atomic E-state index is 0.124. The number of methoxy groups -OCH3 is 2. The summed E-state index contributed by atoms with van der Waals surface area (Å²) in [6.45, 7) is 0.334. The number of amides is 2. The Morgan fingerprint density at radius 1 is 1.09 bits per heavy atom. The third-order valence-electron chi connectivity index (χ3n) is 5.60. The van der Waals surface area contributed by atoms with Crippen molar-refractivity contribution in [2.75, 3.05) is 27.3 Å². The van der Waals surface area contributed by atoms with Gasteiger partial charge in [-0.2, -0.15) is 0 Å². The van der Waals surface area contributed by atoms with Crippen LogP contribution < -0.4 is 14.8 Å². The Morgan fingerprint density at radius 2 is 1.85 bits per heavy atom. The largest absolute Gasteiger partial charge is 0.493 e. The number of carbonyl (C=O) groups is 2. The number of thiophene rings is 1. The van der Waals surface area contributed by atoms with Crippen LogP contribution in [0.5, 0.6) is 11.5 Å². The van der Waals surface area contributed by atoms with Gasteiger partial charge in [0.2, 0.25) is 5.91 Å². The Balaban J connectivity index is 1.70. The van der Waals surface area contributed by atoms with Gasteiger partial charge in [-0.15, -0.1) is 11.3 Å². The molecule has 0 saturated heterocycles. The Hall–Kier alpha value is -2.74. The van der Waals surface area contributed by atoms with Gasteiger partial charge in [-0.05, 0) is 58.8 Å². The number of rotatable bonds is 6. The van der Waals surface area contributed by atoms with Gasteiger partial charge >= 0.3 is 0 Å². The molecule has 2 heterocycles. The second kappa shape index (κ2) is 10.0. The molecule has 172 valence electrons. The summed E-state index contributed by atoms with van der Waals surface area (Å²) in [4.78, 5) is 28.0. The fraction of sp³-hybridized carbons (Fsp3) is 0.250. The Kier molecular flexibility index (Phi) is 7.12. The molecule has 2 amide bonds. The minimum Gasteiger partial charge on any atom is -0.493 e. The fourth-order valence-corrected chi connectivity index (χ4v) is 5.18. The summed E-state index contributed by atoms with van der Waals surface area (Å²) in [7, 11) is 3.16. The number of ether oxygens (including phenoxy) is 2. The lowest BCUT2D eigenvalue weighted by molar-refractivity contribution is -0.132. The molecule has 0 fully saturated rings. The molecule has 0 spiro atoms. The summed E-state index contributed by atoms with van der Waals surface area (Å²) in [6, 6.07) is 12.1. The first-order valence-electron chi connectivity index (χ1n) is 10.2. The van der Waals surface area contributed by atoms with E-state index in [1.807, 2.05) is 23.6 Å². The average molecular weight is 505 g/mol. The quantitative estimate of drug-likeness (QED) is 0.514. The molecule has 4 rings (SSSR count). The highest BCUT2D eigenvalue weighted by atomic mass is 35.5. The number of hydrogen-bond acceptors (Lipinski definition) is 5. The normalized spacial score (nSPS) is 15.0. The highest BCUT2D eigenvalue weighted by Gasteiger charge is 2.34. The summed E-state index contributed by atoms with van der Waals surface area (Å²) in [6.07, 6.45) is 0.627. The van der Waals surface area contributed by atoms with Crippen molar-refractivity contribution in [2.45, 2.75) is 12.5 Å². The van der Waals surface area contributed by atoms with Crippen LogP contribution in [0.25, 0.3) is 0 Å². The van der Waals surface area contributed by atoms with E-state index in [4.69, 9.17) is 32.7 Å². The maximum atomic E-state index is 13.3. The van der Waals surface area contributed by atoms with Crippen LogP contribution in [0.2, 0.25) is 10.0 Å². The first-order valence-corrected chi connectivity index (χ1v) is 11.9. The zero-order valence-corrected chi connectivity index (χ0v) is 20.4. The number of halogens is 2. The van der Waals surface area contributed by atoms with Crippen LogP contribution in [-0.2, 0) is 11.2 Å². The molecule has 2 aromatic carbocycles. The van der Waals surface area contributed by atoms with E-state index in [0.717, 1.165) is 16.7 Å². The van der Waals surface area contributed by atoms with E-state index in [2.05, 4.69) is 5.32 Å². The lowest BCUT2D eigenvalue weighted by atomic mass is 9.87. The van der Waals surface area contributed by atoms with Crippen molar-refractivity contribution in [3.63, 3.8) is 0 Å². The molecule has 0 aliphatic carbocycles. The highest BCUT2D eigenvalue weighted by Crippen LogP contribution is 2.43. The molecule has 9 heteroatoms. The second-order valence-electron chi connectivity index (χ2n) is 7.47. The predicted molar refractivity (Wildman–Crippen MR) is 130 cm³/mol. The van der Waals surface area contributed by atoms with Crippen molar-refractivity contribution in [1.29, 1.82) is 0 Å². The average Bonchev–Trinajstić information content (AvgIpc) is 3.36. The predicted octanol–water partition coefficient (Wildman–Crippen LogP) is 4.98. The molecule has 3 aromatic rings. The maximum Gasteiger partial charge on any atom is 0.261 e. The Labute approximate surface area is 206 Å². The SMILES string of the molecule is COc1cc2c(cc1OC)C(c1ccc(Cl)cc1Cl)N(C(=O)CNC(=O)c1cccs1)CC2. The van der Waals surface area contributed by atoms with Crippen LogP contribution in [0.3, 0.4) is 0 Å². The molecule has 0 bridgehead atoms. The fourth-order valence-electron chi connectivity index (χ4n) is 4.03. The van der Waals surface area contributed by atoms with Gasteiger partial charge in [-0.25, -0.2) is 0 Å². The second-order valence-corrected chi connectivity index (χ2v) is 9.26. The molecule has 1 N–H and O–H groups in total. The van der Waals surface area contributed by atoms with Gasteiger partial charge in [0.25, 0.3) is 5.91 Å². The van der Waals surface area contributed by atoms with Gasteiger partial charge < -0.3 is 19.7 Å². The van der Waals surface area contributed by atoms with Gasteiger partial charge in [0.1, 0.15) is 0 Å². The lowest BCUT2D eigenvalue weighted by Gasteiger charge is -2.38. The van der Waals surface area contributed by atoms with Crippen LogP contribution in [0.1, 0.15) is 32.4 Å². The summed E-state index contributed by atoms with van der Waals surface area (Å²) in [5.41, 5.74) is 2.67. The van der Waals surface area contributed by atoms with E-state index in [1.54, 1.807) is 43.4 Å². The summed E-state index contributed by atoms with van der Waals surface area (Å²) >= 11 is 14.0. The van der Waals surface area contributed by atoms with E-state index in [9.17, 15) is 9.59 Å². The molecule has 0 saturated carbocycles. The number of benzene rings is 2. The zero-order chi connectivity index (χ0) is 23.5. The number of nitrogens with one attached hydrogen (secondary N) is 1. The van der Waals surface area contributed by atoms with Gasteiger partial charge in [-0.3, -0.25) is 9.59 Å². The van der Waals surface area contributed by atoms with E-state index in [-0.39, 0.29) is 18.4 Å². The standard InChI is InChI=1S/C24H22Cl2N2O4S/c1-31-19-10-14-7-8-28(22(29)13-27-24(30)21-4-3-9-33-21)23(17(14)12-20(19)32-2)16-6-5-15(25)11-18(16)26/h3-6,9-12,23H,7-8,13H2,1-2H3,(H,27,30). The molecule has 1 aromatic heterocycles. The number of fused-ring (bicyclic) bond motifs is 1. The molecule has 6 nitrogen and oxygen atoms in total. The molecule has 33 heavy (non-hydrogen) atoms. The third-order valence-corrected chi connectivity index (χ3v) is 7.03. The van der Waals surface area contributed by atoms with Gasteiger partial charge in [0.15, 0.2) is 11.5 Å². The van der Waals surface area contributed by atoms with Crippen molar-refractivity contribution in [1.82, 2.24) is 10.2 Å². The van der Waals surface area contributed by atoms with Crippen molar-refractivity contribution in [3.8, 4) is 11.5 Å². The zero-order valence-electron chi connectivity index (χ0n) is 18.1. The topological polar surface area (TPSA) is 67.9 Å². The molecule has 1 unspecified atom stereocenters. The number of carbonyl (C=O) groups excluding carboxylic acids is 2. The smallest absolute Gasteiger partial charge is 0.261 e. The Bertz CT molecular complexity index is 1180. The van der Waals surface area contributed by atoms with Gasteiger partial charge in [0.05, 0.1) is 31.7 Å². The molecule has 1 atom stereocenters. The van der Waals surface area contributed by atoms with E-state index < -0.39 is 6.04 Å².